The third kappa shape index (κ3) is 3.29. The summed E-state index contributed by atoms with van der Waals surface area (Å²) in [6.45, 7) is 4.25. The van der Waals surface area contributed by atoms with Gasteiger partial charge in [0.05, 0.1) is 4.92 Å². The number of nitrogens with zero attached hydrogens (tertiary/aromatic N) is 1. The number of nitro groups is 1. The van der Waals surface area contributed by atoms with Gasteiger partial charge in [0.2, 0.25) is 0 Å². The number of nitro benzene ring substituents is 1. The molecule has 2 aromatic carbocycles. The van der Waals surface area contributed by atoms with Crippen LogP contribution >= 0.6 is 0 Å². The maximum Gasteiger partial charge on any atom is 0.294 e. The van der Waals surface area contributed by atoms with Crippen molar-refractivity contribution in [2.75, 3.05) is 5.43 Å². The normalized spacial score (nSPS) is 10.2. The summed E-state index contributed by atoms with van der Waals surface area (Å²) in [5.74, 6) is 6.03. The molecular formula is C15H17N3O3. The lowest BCUT2D eigenvalue weighted by atomic mass is 10.1. The summed E-state index contributed by atoms with van der Waals surface area (Å²) in [5.41, 5.74) is 5.43. The van der Waals surface area contributed by atoms with Crippen molar-refractivity contribution >= 4 is 11.4 Å². The second-order valence-corrected chi connectivity index (χ2v) is 4.74. The monoisotopic (exact) mass is 287 g/mol. The standard InChI is InChI=1S/C15H17N3O3/c1-10-4-3-5-15(11(10)2)21-9-12-6-7-13(17-16)14(8-12)18(19)20/h3-8,17H,9,16H2,1-2H3. The van der Waals surface area contributed by atoms with Crippen molar-refractivity contribution in [1.29, 1.82) is 0 Å². The molecule has 3 N–H and O–H groups in total. The molecule has 0 saturated heterocycles. The van der Waals surface area contributed by atoms with Crippen LogP contribution in [0, 0.1) is 24.0 Å². The highest BCUT2D eigenvalue weighted by Gasteiger charge is 2.14. The molecule has 6 nitrogen and oxygen atoms in total. The number of nitrogen functional groups attached to an aromatic ring is 1. The highest BCUT2D eigenvalue weighted by molar-refractivity contribution is 5.61. The van der Waals surface area contributed by atoms with E-state index < -0.39 is 4.92 Å². The van der Waals surface area contributed by atoms with E-state index in [1.807, 2.05) is 32.0 Å². The zero-order valence-corrected chi connectivity index (χ0v) is 11.9. The van der Waals surface area contributed by atoms with Crippen molar-refractivity contribution in [1.82, 2.24) is 0 Å². The average molecular weight is 287 g/mol. The molecule has 6 heteroatoms. The summed E-state index contributed by atoms with van der Waals surface area (Å²) in [6, 6.07) is 10.6. The number of nitrogens with one attached hydrogen (secondary N) is 1. The molecule has 0 atom stereocenters. The summed E-state index contributed by atoms with van der Waals surface area (Å²) in [4.78, 5) is 10.5. The van der Waals surface area contributed by atoms with Crippen LogP contribution in [0.4, 0.5) is 11.4 Å². The molecule has 110 valence electrons. The molecule has 0 aromatic heterocycles. The molecule has 0 aliphatic rings. The van der Waals surface area contributed by atoms with Gasteiger partial charge in [-0.3, -0.25) is 16.0 Å². The predicted molar refractivity (Wildman–Crippen MR) is 81.2 cm³/mol. The molecule has 0 spiro atoms. The van der Waals surface area contributed by atoms with Crippen LogP contribution in [-0.4, -0.2) is 4.92 Å². The van der Waals surface area contributed by atoms with E-state index in [1.165, 1.54) is 6.07 Å². The molecule has 0 saturated carbocycles. The number of rotatable bonds is 5. The van der Waals surface area contributed by atoms with E-state index in [0.717, 1.165) is 16.9 Å². The Hall–Kier alpha value is -2.60. The molecule has 2 rings (SSSR count). The van der Waals surface area contributed by atoms with Gasteiger partial charge in [0.1, 0.15) is 18.0 Å². The minimum atomic E-state index is -0.476. The van der Waals surface area contributed by atoms with Crippen molar-refractivity contribution < 1.29 is 9.66 Å². The molecule has 2 aromatic rings. The van der Waals surface area contributed by atoms with Crippen LogP contribution in [0.25, 0.3) is 0 Å². The van der Waals surface area contributed by atoms with Gasteiger partial charge in [-0.05, 0) is 42.7 Å². The third-order valence-corrected chi connectivity index (χ3v) is 3.36. The Morgan fingerprint density at radius 2 is 2.05 bits per heavy atom. The van der Waals surface area contributed by atoms with Gasteiger partial charge >= 0.3 is 0 Å². The number of ether oxygens (including phenoxy) is 1. The zero-order valence-electron chi connectivity index (χ0n) is 11.9. The Bertz CT molecular complexity index is 671. The highest BCUT2D eigenvalue weighted by Crippen LogP contribution is 2.26. The molecular weight excluding hydrogens is 270 g/mol. The van der Waals surface area contributed by atoms with E-state index in [4.69, 9.17) is 10.6 Å². The van der Waals surface area contributed by atoms with Crippen molar-refractivity contribution in [3.63, 3.8) is 0 Å². The number of anilines is 1. The third-order valence-electron chi connectivity index (χ3n) is 3.36. The molecule has 0 aliphatic heterocycles. The maximum absolute atomic E-state index is 11.0. The van der Waals surface area contributed by atoms with Gasteiger partial charge in [-0.25, -0.2) is 0 Å². The van der Waals surface area contributed by atoms with Crippen LogP contribution in [0.15, 0.2) is 36.4 Å². The van der Waals surface area contributed by atoms with E-state index in [0.29, 0.717) is 5.56 Å². The predicted octanol–water partition coefficient (Wildman–Crippen LogP) is 3.08. The fourth-order valence-corrected chi connectivity index (χ4v) is 1.98. The number of benzene rings is 2. The van der Waals surface area contributed by atoms with Crippen molar-refractivity contribution in [3.05, 3.63) is 63.2 Å². The minimum absolute atomic E-state index is 0.0698. The average Bonchev–Trinajstić information content (AvgIpc) is 2.48. The second kappa shape index (κ2) is 6.23. The van der Waals surface area contributed by atoms with Gasteiger partial charge < -0.3 is 10.2 Å². The van der Waals surface area contributed by atoms with Crippen molar-refractivity contribution in [3.8, 4) is 5.75 Å². The Morgan fingerprint density at radius 1 is 1.29 bits per heavy atom. The molecule has 0 bridgehead atoms. The lowest BCUT2D eigenvalue weighted by molar-refractivity contribution is -0.384. The van der Waals surface area contributed by atoms with Gasteiger partial charge in [-0.15, -0.1) is 0 Å². The summed E-state index contributed by atoms with van der Waals surface area (Å²) in [7, 11) is 0. The first-order valence-corrected chi connectivity index (χ1v) is 6.46. The molecule has 0 amide bonds. The van der Waals surface area contributed by atoms with Crippen LogP contribution in [0.1, 0.15) is 16.7 Å². The molecule has 0 radical (unpaired) electrons. The van der Waals surface area contributed by atoms with Crippen LogP contribution in [0.5, 0.6) is 5.75 Å². The Balaban J connectivity index is 2.19. The largest absolute Gasteiger partial charge is 0.489 e. The Labute approximate surface area is 122 Å². The number of hydrogen-bond acceptors (Lipinski definition) is 5. The van der Waals surface area contributed by atoms with E-state index in [-0.39, 0.29) is 18.0 Å². The lowest BCUT2D eigenvalue weighted by Crippen LogP contribution is -2.09. The molecule has 21 heavy (non-hydrogen) atoms. The first kappa shape index (κ1) is 14.8. The van der Waals surface area contributed by atoms with Crippen LogP contribution in [-0.2, 0) is 6.61 Å². The van der Waals surface area contributed by atoms with Crippen molar-refractivity contribution in [2.24, 2.45) is 5.84 Å². The van der Waals surface area contributed by atoms with E-state index in [2.05, 4.69) is 5.43 Å². The van der Waals surface area contributed by atoms with Gasteiger partial charge in [0, 0.05) is 6.07 Å². The van der Waals surface area contributed by atoms with Crippen LogP contribution < -0.4 is 16.0 Å². The van der Waals surface area contributed by atoms with Crippen LogP contribution in [0.2, 0.25) is 0 Å². The summed E-state index contributed by atoms with van der Waals surface area (Å²) in [5, 5.41) is 11.0. The fourth-order valence-electron chi connectivity index (χ4n) is 1.98. The molecule has 0 fully saturated rings. The highest BCUT2D eigenvalue weighted by atomic mass is 16.6. The van der Waals surface area contributed by atoms with Gasteiger partial charge in [0.15, 0.2) is 0 Å². The lowest BCUT2D eigenvalue weighted by Gasteiger charge is -2.11. The zero-order chi connectivity index (χ0) is 15.4. The SMILES string of the molecule is Cc1cccc(OCc2ccc(NN)c([N+](=O)[O-])c2)c1C. The first-order chi connectivity index (χ1) is 10.0. The quantitative estimate of drug-likeness (QED) is 0.501. The summed E-state index contributed by atoms with van der Waals surface area (Å²) >= 11 is 0. The smallest absolute Gasteiger partial charge is 0.294 e. The second-order valence-electron chi connectivity index (χ2n) is 4.74. The number of hydrogen-bond donors (Lipinski definition) is 2. The van der Waals surface area contributed by atoms with Gasteiger partial charge in [-0.1, -0.05) is 18.2 Å². The first-order valence-electron chi connectivity index (χ1n) is 6.46. The molecule has 0 aliphatic carbocycles. The Kier molecular flexibility index (Phi) is 4.39. The molecule has 0 unspecified atom stereocenters. The fraction of sp³-hybridized carbons (Fsp3) is 0.200. The number of nitrogens with two attached hydrogens (primary N) is 1. The van der Waals surface area contributed by atoms with Crippen molar-refractivity contribution in [2.45, 2.75) is 20.5 Å². The Morgan fingerprint density at radius 3 is 2.71 bits per heavy atom. The van der Waals surface area contributed by atoms with E-state index in [1.54, 1.807) is 12.1 Å². The number of aryl methyl sites for hydroxylation is 1. The topological polar surface area (TPSA) is 90.4 Å². The van der Waals surface area contributed by atoms with Gasteiger partial charge in [0.25, 0.3) is 5.69 Å². The minimum Gasteiger partial charge on any atom is -0.489 e. The summed E-state index contributed by atoms with van der Waals surface area (Å²) in [6.07, 6.45) is 0. The number of hydrazine groups is 1. The maximum atomic E-state index is 11.0. The van der Waals surface area contributed by atoms with Crippen LogP contribution in [0.3, 0.4) is 0 Å². The van der Waals surface area contributed by atoms with E-state index >= 15 is 0 Å². The van der Waals surface area contributed by atoms with E-state index in [9.17, 15) is 10.1 Å². The molecule has 0 heterocycles. The van der Waals surface area contributed by atoms with Gasteiger partial charge in [-0.2, -0.15) is 0 Å². The summed E-state index contributed by atoms with van der Waals surface area (Å²) < 4.78 is 5.74.